The second kappa shape index (κ2) is 244. The molecule has 0 bridgehead atoms. The third-order valence-electron chi connectivity index (χ3n) is 0. The number of hydrogen-bond donors (Lipinski definition) is 6. The van der Waals surface area contributed by atoms with Gasteiger partial charge in [0.05, 0.1) is 0 Å². The summed E-state index contributed by atoms with van der Waals surface area (Å²) < 4.78 is 94.0. The molecule has 0 aliphatic rings. The van der Waals surface area contributed by atoms with Gasteiger partial charge in [-0.2, -0.15) is 0 Å². The Kier molecular flexibility index (Phi) is 978. The van der Waals surface area contributed by atoms with Crippen LogP contribution in [0.3, 0.4) is 0 Å². The van der Waals surface area contributed by atoms with Crippen molar-refractivity contribution in [1.29, 1.82) is 0 Å². The van der Waals surface area contributed by atoms with E-state index in [0.29, 0.717) is 0 Å². The maximum absolute atomic E-state index is 8.57. The zero-order chi connectivity index (χ0) is 16.2. The third kappa shape index (κ3) is 1300. The molecule has 18 nitrogen and oxygen atoms in total. The molecule has 0 fully saturated rings. The van der Waals surface area contributed by atoms with Crippen LogP contribution in [0.4, 0.5) is 0 Å². The van der Waals surface area contributed by atoms with Crippen LogP contribution in [0.25, 0.3) is 0 Å². The Morgan fingerprint density at radius 1 is 0.296 bits per heavy atom. The molecule has 0 saturated carbocycles. The Morgan fingerprint density at radius 2 is 0.296 bits per heavy atom. The van der Waals surface area contributed by atoms with Crippen LogP contribution in [0, 0.1) is 0 Å². The van der Waals surface area contributed by atoms with Crippen molar-refractivity contribution >= 4 is 206 Å². The average molecular weight is 582 g/mol. The van der Waals surface area contributed by atoms with Gasteiger partial charge in [0.25, 0.3) is 0 Å². The molecule has 0 aromatic heterocycles. The minimum absolute atomic E-state index is 0. The first-order chi connectivity index (χ1) is 8.49. The summed E-state index contributed by atoms with van der Waals surface area (Å²) >= 11 is -9.00. The normalized spacial score (nSPS) is 1.78. The summed E-state index contributed by atoms with van der Waals surface area (Å²) in [7, 11) is 0. The van der Waals surface area contributed by atoms with Crippen LogP contribution < -0.4 is 0 Å². The molecule has 144 valence electrons. The van der Waals surface area contributed by atoms with Gasteiger partial charge in [-0.05, 0) is 0 Å². The average Bonchev–Trinajstić information content (AvgIpc) is 2.23. The Labute approximate surface area is 280 Å². The van der Waals surface area contributed by atoms with Crippen LogP contribution in [-0.4, -0.2) is 264 Å². The van der Waals surface area contributed by atoms with E-state index >= 15 is 0 Å². The van der Waals surface area contributed by atoms with Gasteiger partial charge in [-0.15, -0.1) is 0 Å². The molecule has 0 unspecified atom stereocenters. The summed E-state index contributed by atoms with van der Waals surface area (Å²) in [6.07, 6.45) is 0. The minimum atomic E-state index is -1.50. The second-order valence-corrected chi connectivity index (χ2v) is 1.90. The van der Waals surface area contributed by atoms with Crippen molar-refractivity contribution in [2.75, 3.05) is 0 Å². The predicted octanol–water partition coefficient (Wildman–Crippen LogP) is -8.54. The number of rotatable bonds is 0. The van der Waals surface area contributed by atoms with Crippen molar-refractivity contribution in [3.05, 3.63) is 0 Å². The van der Waals surface area contributed by atoms with Gasteiger partial charge in [0.2, 0.25) is 0 Å². The molecule has 0 aliphatic heterocycles. The van der Waals surface area contributed by atoms with E-state index in [4.69, 9.17) is 47.8 Å². The molecule has 0 atom stereocenters. The van der Waals surface area contributed by atoms with Crippen molar-refractivity contribution in [3.8, 4) is 0 Å². The fraction of sp³-hybridized carbons (Fsp3) is 0. The fourth-order valence-corrected chi connectivity index (χ4v) is 0. The molecule has 27 heteroatoms. The summed E-state index contributed by atoms with van der Waals surface area (Å²) in [6.45, 7) is 0. The first kappa shape index (κ1) is 108. The first-order valence-electron chi connectivity index (χ1n) is 2.96. The molecule has 0 aromatic carbocycles. The molecule has 27 heavy (non-hydrogen) atoms. The van der Waals surface area contributed by atoms with Crippen molar-refractivity contribution in [1.82, 2.24) is 0 Å². The number of hydrogen-bond acceptors (Lipinski definition) is 12. The molecule has 0 spiro atoms. The molecule has 0 heterocycles. The van der Waals surface area contributed by atoms with Gasteiger partial charge < -0.3 is 32.9 Å². The van der Waals surface area contributed by atoms with E-state index in [1.54, 1.807) is 0 Å². The molecular weight excluding hydrogens is 570 g/mol. The Bertz CT molecular complexity index is 125. The van der Waals surface area contributed by atoms with Crippen LogP contribution in [-0.2, 0) is 22.8 Å². The second-order valence-electron chi connectivity index (χ2n) is 0.632. The Morgan fingerprint density at radius 3 is 0.296 bits per heavy atom. The fourth-order valence-electron chi connectivity index (χ4n) is 0. The quantitative estimate of drug-likeness (QED) is 0.144. The Balaban J connectivity index is -0.00000000462. The van der Waals surface area contributed by atoms with Crippen molar-refractivity contribution in [2.24, 2.45) is 0 Å². The van der Waals surface area contributed by atoms with E-state index in [1.165, 1.54) is 0 Å². The SMILES string of the molecule is [Ca+2].[Ca+2].[Ca+2].[OH-].[OH-].[OH-].[OH-].[OH-].[OH-].[O]=[Al][OH].[O]=[Al][OH].[O]=[Al][OH].[O]=[Al][OH].[O]=[Al][OH].[O]=[Al][OH]. The van der Waals surface area contributed by atoms with E-state index in [0.717, 1.165) is 0 Å². The summed E-state index contributed by atoms with van der Waals surface area (Å²) in [5.41, 5.74) is 0. The third-order valence-corrected chi connectivity index (χ3v) is 0. The van der Waals surface area contributed by atoms with Crippen LogP contribution in [0.5, 0.6) is 0 Å². The molecule has 0 rings (SSSR count). The van der Waals surface area contributed by atoms with Gasteiger partial charge in [-0.25, -0.2) is 0 Å². The van der Waals surface area contributed by atoms with E-state index in [2.05, 4.69) is 0 Å². The van der Waals surface area contributed by atoms with Gasteiger partial charge in [0, 0.05) is 0 Å². The van der Waals surface area contributed by atoms with E-state index in [9.17, 15) is 0 Å². The monoisotopic (exact) mass is 582 g/mol. The summed E-state index contributed by atoms with van der Waals surface area (Å²) in [4.78, 5) is 0. The van der Waals surface area contributed by atoms with Crippen molar-refractivity contribution in [2.45, 2.75) is 0 Å². The molecular formula is H12Al6Ca3O18. The van der Waals surface area contributed by atoms with Gasteiger partial charge in [0.15, 0.2) is 0 Å². The van der Waals surface area contributed by atoms with E-state index < -0.39 is 92.9 Å². The van der Waals surface area contributed by atoms with Crippen LogP contribution >= 0.6 is 0 Å². The van der Waals surface area contributed by atoms with Crippen molar-refractivity contribution in [3.63, 3.8) is 0 Å². The standard InChI is InChI=1S/6Al.3Ca.12H2O.6O/h;;;;;;;;;12*1H2;;;;;;/q6*+1;3*+2;;;;;;;;;;;;;;;;;;/p-12. The summed E-state index contributed by atoms with van der Waals surface area (Å²) in [5.74, 6) is 0. The topological polar surface area (TPSA) is 404 Å². The van der Waals surface area contributed by atoms with Gasteiger partial charge in [-0.3, -0.25) is 0 Å². The van der Waals surface area contributed by atoms with E-state index in [-0.39, 0.29) is 146 Å². The van der Waals surface area contributed by atoms with Crippen molar-refractivity contribution < 1.29 is 80.6 Å². The summed E-state index contributed by atoms with van der Waals surface area (Å²) in [6, 6.07) is 0. The van der Waals surface area contributed by atoms with E-state index in [1.807, 2.05) is 0 Å². The first-order valence-corrected chi connectivity index (χ1v) is 8.89. The molecule has 0 aliphatic carbocycles. The maximum atomic E-state index is 8.57. The molecule has 0 radical (unpaired) electrons. The van der Waals surface area contributed by atoms with Crippen LogP contribution in [0.1, 0.15) is 0 Å². The zero-order valence-corrected chi connectivity index (χ0v) is 27.0. The van der Waals surface area contributed by atoms with Gasteiger partial charge in [0.1, 0.15) is 0 Å². The van der Waals surface area contributed by atoms with Gasteiger partial charge >= 0.3 is 254 Å². The predicted molar refractivity (Wildman–Crippen MR) is 80.8 cm³/mol. The summed E-state index contributed by atoms with van der Waals surface area (Å²) in [5, 5.41) is 0. The Hall–Kier alpha value is 4.33. The molecule has 12 N–H and O–H groups in total. The van der Waals surface area contributed by atoms with Crippen LogP contribution in [0.15, 0.2) is 0 Å². The molecule has 0 amide bonds. The van der Waals surface area contributed by atoms with Gasteiger partial charge in [-0.1, -0.05) is 0 Å². The molecule has 0 aromatic rings. The zero-order valence-electron chi connectivity index (χ0n) is 13.4. The molecule has 0 saturated heterocycles. The van der Waals surface area contributed by atoms with Crippen LogP contribution in [0.2, 0.25) is 0 Å².